The van der Waals surface area contributed by atoms with Gasteiger partial charge in [-0.05, 0) is 52.4 Å². The van der Waals surface area contributed by atoms with E-state index in [1.807, 2.05) is 0 Å². The molecule has 0 bridgehead atoms. The summed E-state index contributed by atoms with van der Waals surface area (Å²) in [5.41, 5.74) is 0.0400. The molecule has 0 saturated heterocycles. The number of benzene rings is 2. The fourth-order valence-corrected chi connectivity index (χ4v) is 2.66. The quantitative estimate of drug-likeness (QED) is 0.446. The van der Waals surface area contributed by atoms with Crippen molar-refractivity contribution in [1.29, 1.82) is 0 Å². The third-order valence-corrected chi connectivity index (χ3v) is 3.82. The summed E-state index contributed by atoms with van der Waals surface area (Å²) in [6, 6.07) is 5.69. The molecule has 120 valence electrons. The van der Waals surface area contributed by atoms with Gasteiger partial charge >= 0.3 is 11.9 Å². The Labute approximate surface area is 144 Å². The Morgan fingerprint density at radius 2 is 1.91 bits per heavy atom. The van der Waals surface area contributed by atoms with Crippen molar-refractivity contribution in [3.63, 3.8) is 0 Å². The number of rotatable bonds is 4. The zero-order chi connectivity index (χ0) is 17.1. The van der Waals surface area contributed by atoms with E-state index >= 15 is 0 Å². The molecule has 1 N–H and O–H groups in total. The summed E-state index contributed by atoms with van der Waals surface area (Å²) in [5.74, 6) is -3.52. The second-order valence-corrected chi connectivity index (χ2v) is 5.75. The predicted octanol–water partition coefficient (Wildman–Crippen LogP) is 4.25. The van der Waals surface area contributed by atoms with Crippen molar-refractivity contribution in [2.45, 2.75) is 13.3 Å². The van der Waals surface area contributed by atoms with Gasteiger partial charge in [0.15, 0.2) is 5.75 Å². The molecule has 0 radical (unpaired) electrons. The molecular formula is C16H11F2IO4. The maximum absolute atomic E-state index is 13.9. The molecule has 0 spiro atoms. The van der Waals surface area contributed by atoms with E-state index in [9.17, 15) is 23.5 Å². The summed E-state index contributed by atoms with van der Waals surface area (Å²) in [4.78, 5) is 22.9. The lowest BCUT2D eigenvalue weighted by Crippen LogP contribution is -2.11. The molecule has 7 heteroatoms. The summed E-state index contributed by atoms with van der Waals surface area (Å²) < 4.78 is 32.3. The maximum Gasteiger partial charge on any atom is 0.339 e. The molecule has 0 fully saturated rings. The van der Waals surface area contributed by atoms with Crippen LogP contribution in [0.15, 0.2) is 30.3 Å². The Bertz CT molecular complexity index is 790. The van der Waals surface area contributed by atoms with Gasteiger partial charge in [0.25, 0.3) is 0 Å². The van der Waals surface area contributed by atoms with E-state index in [0.717, 1.165) is 6.07 Å². The lowest BCUT2D eigenvalue weighted by Gasteiger charge is -2.12. The molecule has 0 aliphatic carbocycles. The standard InChI is InChI=1S/C16H11F2IO4/c1-2-14(20)23-15-11(16(21)22)5-8(6-13(15)19)10-4-3-9(17)7-12(10)18/h3-7H,2H2,1H3,(H,21,22). The number of aromatic carboxylic acids is 1. The number of carbonyl (C=O) groups excluding carboxylic acids is 1. The number of carboxylic acids is 1. The number of carbonyl (C=O) groups is 2. The third kappa shape index (κ3) is 3.84. The van der Waals surface area contributed by atoms with Gasteiger partial charge < -0.3 is 9.84 Å². The maximum atomic E-state index is 13.9. The van der Waals surface area contributed by atoms with Gasteiger partial charge in [0.05, 0.1) is 3.57 Å². The van der Waals surface area contributed by atoms with Crippen molar-refractivity contribution >= 4 is 34.5 Å². The zero-order valence-electron chi connectivity index (χ0n) is 11.9. The van der Waals surface area contributed by atoms with Crippen molar-refractivity contribution < 1.29 is 28.2 Å². The number of carboxylic acid groups (broad SMARTS) is 1. The highest BCUT2D eigenvalue weighted by atomic mass is 127. The minimum absolute atomic E-state index is 0.0557. The van der Waals surface area contributed by atoms with Crippen molar-refractivity contribution in [1.82, 2.24) is 0 Å². The number of halogens is 3. The molecule has 2 aromatic carbocycles. The van der Waals surface area contributed by atoms with E-state index in [-0.39, 0.29) is 28.9 Å². The van der Waals surface area contributed by atoms with Gasteiger partial charge in [-0.2, -0.15) is 0 Å². The topological polar surface area (TPSA) is 63.6 Å². The van der Waals surface area contributed by atoms with Gasteiger partial charge in [-0.1, -0.05) is 6.92 Å². The van der Waals surface area contributed by atoms with Gasteiger partial charge in [0.2, 0.25) is 0 Å². The van der Waals surface area contributed by atoms with Crippen LogP contribution in [0.1, 0.15) is 23.7 Å². The molecule has 0 aliphatic heterocycles. The second-order valence-electron chi connectivity index (χ2n) is 4.59. The Hall–Kier alpha value is -2.03. The first-order valence-corrected chi connectivity index (χ1v) is 7.64. The first-order chi connectivity index (χ1) is 10.8. The van der Waals surface area contributed by atoms with Gasteiger partial charge in [-0.25, -0.2) is 13.6 Å². The third-order valence-electron chi connectivity index (χ3n) is 3.02. The molecule has 0 saturated carbocycles. The van der Waals surface area contributed by atoms with Crippen LogP contribution in [0.25, 0.3) is 11.1 Å². The fourth-order valence-electron chi connectivity index (χ4n) is 1.92. The summed E-state index contributed by atoms with van der Waals surface area (Å²) in [5, 5.41) is 9.31. The van der Waals surface area contributed by atoms with Crippen molar-refractivity contribution in [2.75, 3.05) is 0 Å². The highest BCUT2D eigenvalue weighted by Crippen LogP contribution is 2.33. The first-order valence-electron chi connectivity index (χ1n) is 6.56. The number of esters is 1. The highest BCUT2D eigenvalue weighted by molar-refractivity contribution is 14.1. The van der Waals surface area contributed by atoms with E-state index < -0.39 is 23.6 Å². The van der Waals surface area contributed by atoms with Gasteiger partial charge in [0.1, 0.15) is 17.2 Å². The van der Waals surface area contributed by atoms with Crippen LogP contribution in [0.5, 0.6) is 5.75 Å². The average molecular weight is 432 g/mol. The van der Waals surface area contributed by atoms with Crippen LogP contribution >= 0.6 is 22.6 Å². The minimum Gasteiger partial charge on any atom is -0.478 e. The van der Waals surface area contributed by atoms with Crippen LogP contribution in [0.4, 0.5) is 8.78 Å². The molecular weight excluding hydrogens is 421 g/mol. The molecule has 0 atom stereocenters. The molecule has 0 heterocycles. The molecule has 0 amide bonds. The van der Waals surface area contributed by atoms with Crippen molar-refractivity contribution in [3.8, 4) is 16.9 Å². The van der Waals surface area contributed by atoms with Gasteiger partial charge in [-0.3, -0.25) is 4.79 Å². The Balaban J connectivity index is 2.60. The Morgan fingerprint density at radius 3 is 2.48 bits per heavy atom. The summed E-state index contributed by atoms with van der Waals surface area (Å²) >= 11 is 1.80. The zero-order valence-corrected chi connectivity index (χ0v) is 14.1. The highest BCUT2D eigenvalue weighted by Gasteiger charge is 2.20. The molecule has 0 aliphatic rings. The number of hydrogen-bond donors (Lipinski definition) is 1. The second kappa shape index (κ2) is 7.03. The van der Waals surface area contributed by atoms with Crippen LogP contribution in [0, 0.1) is 15.2 Å². The van der Waals surface area contributed by atoms with E-state index in [0.29, 0.717) is 9.64 Å². The Kier molecular flexibility index (Phi) is 5.30. The Morgan fingerprint density at radius 1 is 1.22 bits per heavy atom. The van der Waals surface area contributed by atoms with Crippen molar-refractivity contribution in [3.05, 3.63) is 51.1 Å². The summed E-state index contributed by atoms with van der Waals surface area (Å²) in [7, 11) is 0. The van der Waals surface area contributed by atoms with E-state index in [1.54, 1.807) is 29.5 Å². The summed E-state index contributed by atoms with van der Waals surface area (Å²) in [6.07, 6.45) is 0.0868. The predicted molar refractivity (Wildman–Crippen MR) is 87.4 cm³/mol. The van der Waals surface area contributed by atoms with E-state index in [2.05, 4.69) is 0 Å². The normalized spacial score (nSPS) is 10.4. The van der Waals surface area contributed by atoms with Crippen LogP contribution in [-0.4, -0.2) is 17.0 Å². The fraction of sp³-hybridized carbons (Fsp3) is 0.125. The number of hydrogen-bond acceptors (Lipinski definition) is 3. The molecule has 2 aromatic rings. The van der Waals surface area contributed by atoms with E-state index in [4.69, 9.17) is 4.74 Å². The van der Waals surface area contributed by atoms with E-state index in [1.165, 1.54) is 18.2 Å². The number of ether oxygens (including phenoxy) is 1. The SMILES string of the molecule is CCC(=O)Oc1c(I)cc(-c2ccc(F)cc2F)cc1C(=O)O. The molecule has 0 unspecified atom stereocenters. The van der Waals surface area contributed by atoms with Crippen LogP contribution in [0.2, 0.25) is 0 Å². The van der Waals surface area contributed by atoms with Gasteiger partial charge in [-0.15, -0.1) is 0 Å². The van der Waals surface area contributed by atoms with Gasteiger partial charge in [0, 0.05) is 18.1 Å². The van der Waals surface area contributed by atoms with Crippen LogP contribution in [0.3, 0.4) is 0 Å². The largest absolute Gasteiger partial charge is 0.478 e. The molecule has 2 rings (SSSR count). The average Bonchev–Trinajstić information content (AvgIpc) is 2.48. The molecule has 0 aromatic heterocycles. The van der Waals surface area contributed by atoms with Crippen LogP contribution in [-0.2, 0) is 4.79 Å². The monoisotopic (exact) mass is 432 g/mol. The minimum atomic E-state index is -1.31. The summed E-state index contributed by atoms with van der Waals surface area (Å²) in [6.45, 7) is 1.58. The van der Waals surface area contributed by atoms with Crippen molar-refractivity contribution in [2.24, 2.45) is 0 Å². The lowest BCUT2D eigenvalue weighted by atomic mass is 10.0. The molecule has 4 nitrogen and oxygen atoms in total. The lowest BCUT2D eigenvalue weighted by molar-refractivity contribution is -0.134. The van der Waals surface area contributed by atoms with Crippen LogP contribution < -0.4 is 4.74 Å². The molecule has 23 heavy (non-hydrogen) atoms. The smallest absolute Gasteiger partial charge is 0.339 e. The first kappa shape index (κ1) is 17.3.